The molecule has 0 fully saturated rings. The van der Waals surface area contributed by atoms with Crippen molar-refractivity contribution in [1.29, 1.82) is 0 Å². The van der Waals surface area contributed by atoms with Crippen LogP contribution in [0.3, 0.4) is 0 Å². The van der Waals surface area contributed by atoms with Crippen molar-refractivity contribution in [3.8, 4) is 16.9 Å². The fourth-order valence-corrected chi connectivity index (χ4v) is 2.57. The molecule has 6 heteroatoms. The van der Waals surface area contributed by atoms with Gasteiger partial charge in [-0.2, -0.15) is 5.10 Å². The van der Waals surface area contributed by atoms with Crippen molar-refractivity contribution < 1.29 is 0 Å². The van der Waals surface area contributed by atoms with Gasteiger partial charge in [-0.1, -0.05) is 11.3 Å². The molecule has 0 bridgehead atoms. The molecule has 0 saturated heterocycles. The maximum atomic E-state index is 4.34. The number of aryl methyl sites for hydroxylation is 2. The summed E-state index contributed by atoms with van der Waals surface area (Å²) in [6, 6.07) is 9.99. The predicted molar refractivity (Wildman–Crippen MR) is 83.6 cm³/mol. The van der Waals surface area contributed by atoms with Crippen molar-refractivity contribution in [1.82, 2.24) is 29.8 Å². The Morgan fingerprint density at radius 2 is 2.00 bits per heavy atom. The fraction of sp³-hybridized carbons (Fsp3) is 0.125. The first-order chi connectivity index (χ1) is 10.7. The molecule has 108 valence electrons. The summed E-state index contributed by atoms with van der Waals surface area (Å²) in [5.74, 6) is 0. The number of nitrogens with zero attached hydrogens (tertiary/aromatic N) is 6. The van der Waals surface area contributed by atoms with E-state index in [-0.39, 0.29) is 0 Å². The molecule has 0 aliphatic carbocycles. The van der Waals surface area contributed by atoms with E-state index < -0.39 is 0 Å². The smallest absolute Gasteiger partial charge is 0.116 e. The highest BCUT2D eigenvalue weighted by molar-refractivity contribution is 5.80. The molecular formula is C16H14N6. The summed E-state index contributed by atoms with van der Waals surface area (Å²) in [5, 5.41) is 13.9. The molecule has 0 atom stereocenters. The number of hydrogen-bond acceptors (Lipinski definition) is 4. The standard InChI is InChI=1S/C16H14N6/c1-11-14(9-21(2)19-11)16-10-22(20-18-16)13-5-6-15-12(8-13)4-3-7-17-15/h3-10H,1-2H3. The third-order valence-corrected chi connectivity index (χ3v) is 3.63. The molecule has 0 amide bonds. The van der Waals surface area contributed by atoms with Gasteiger partial charge < -0.3 is 0 Å². The summed E-state index contributed by atoms with van der Waals surface area (Å²) in [6.07, 6.45) is 5.66. The monoisotopic (exact) mass is 290 g/mol. The van der Waals surface area contributed by atoms with Gasteiger partial charge in [0.15, 0.2) is 0 Å². The highest BCUT2D eigenvalue weighted by Crippen LogP contribution is 2.21. The van der Waals surface area contributed by atoms with Crippen LogP contribution in [0.1, 0.15) is 5.69 Å². The third-order valence-electron chi connectivity index (χ3n) is 3.63. The van der Waals surface area contributed by atoms with E-state index in [2.05, 4.69) is 26.5 Å². The molecule has 1 aromatic carbocycles. The number of rotatable bonds is 2. The molecule has 6 nitrogen and oxygen atoms in total. The summed E-state index contributed by atoms with van der Waals surface area (Å²) >= 11 is 0. The topological polar surface area (TPSA) is 61.4 Å². The van der Waals surface area contributed by atoms with Gasteiger partial charge in [0.25, 0.3) is 0 Å². The van der Waals surface area contributed by atoms with Gasteiger partial charge in [0.1, 0.15) is 5.69 Å². The minimum Gasteiger partial charge on any atom is -0.275 e. The van der Waals surface area contributed by atoms with Gasteiger partial charge in [0.05, 0.1) is 23.1 Å². The van der Waals surface area contributed by atoms with Crippen LogP contribution in [0.5, 0.6) is 0 Å². The minimum atomic E-state index is 0.817. The zero-order valence-electron chi connectivity index (χ0n) is 12.3. The highest BCUT2D eigenvalue weighted by atomic mass is 15.4. The number of pyridine rings is 1. The Labute approximate surface area is 127 Å². The van der Waals surface area contributed by atoms with Crippen LogP contribution < -0.4 is 0 Å². The Balaban J connectivity index is 1.78. The Bertz CT molecular complexity index is 966. The molecular weight excluding hydrogens is 276 g/mol. The van der Waals surface area contributed by atoms with E-state index in [1.165, 1.54) is 0 Å². The van der Waals surface area contributed by atoms with Crippen molar-refractivity contribution in [2.45, 2.75) is 6.92 Å². The predicted octanol–water partition coefficient (Wildman–Crippen LogP) is 2.52. The maximum absolute atomic E-state index is 4.34. The lowest BCUT2D eigenvalue weighted by Crippen LogP contribution is -1.94. The number of fused-ring (bicyclic) bond motifs is 1. The second-order valence-electron chi connectivity index (χ2n) is 5.23. The van der Waals surface area contributed by atoms with E-state index >= 15 is 0 Å². The van der Waals surface area contributed by atoms with Crippen LogP contribution in [-0.4, -0.2) is 29.8 Å². The van der Waals surface area contributed by atoms with Gasteiger partial charge in [-0.25, -0.2) is 4.68 Å². The van der Waals surface area contributed by atoms with Gasteiger partial charge in [0.2, 0.25) is 0 Å². The number of hydrogen-bond donors (Lipinski definition) is 0. The normalized spacial score (nSPS) is 11.2. The van der Waals surface area contributed by atoms with Crippen molar-refractivity contribution in [3.63, 3.8) is 0 Å². The molecule has 22 heavy (non-hydrogen) atoms. The second-order valence-corrected chi connectivity index (χ2v) is 5.23. The van der Waals surface area contributed by atoms with Crippen molar-refractivity contribution in [3.05, 3.63) is 54.6 Å². The zero-order chi connectivity index (χ0) is 15.1. The van der Waals surface area contributed by atoms with Crippen LogP contribution in [0.25, 0.3) is 27.8 Å². The van der Waals surface area contributed by atoms with Gasteiger partial charge in [-0.3, -0.25) is 9.67 Å². The van der Waals surface area contributed by atoms with E-state index in [0.717, 1.165) is 33.5 Å². The second kappa shape index (κ2) is 4.77. The molecule has 0 spiro atoms. The SMILES string of the molecule is Cc1nn(C)cc1-c1cn(-c2ccc3ncccc3c2)nn1. The van der Waals surface area contributed by atoms with E-state index in [9.17, 15) is 0 Å². The van der Waals surface area contributed by atoms with Gasteiger partial charge >= 0.3 is 0 Å². The van der Waals surface area contributed by atoms with Gasteiger partial charge in [0, 0.05) is 30.4 Å². The molecule has 0 radical (unpaired) electrons. The molecule has 0 unspecified atom stereocenters. The van der Waals surface area contributed by atoms with Crippen LogP contribution in [0, 0.1) is 6.92 Å². The summed E-state index contributed by atoms with van der Waals surface area (Å²) in [4.78, 5) is 4.33. The summed E-state index contributed by atoms with van der Waals surface area (Å²) in [6.45, 7) is 1.97. The Morgan fingerprint density at radius 3 is 2.82 bits per heavy atom. The Morgan fingerprint density at radius 1 is 1.09 bits per heavy atom. The minimum absolute atomic E-state index is 0.817. The molecule has 0 aliphatic rings. The molecule has 4 rings (SSSR count). The van der Waals surface area contributed by atoms with Gasteiger partial charge in [-0.15, -0.1) is 5.10 Å². The molecule has 0 aliphatic heterocycles. The molecule has 3 aromatic heterocycles. The number of aromatic nitrogens is 6. The fourth-order valence-electron chi connectivity index (χ4n) is 2.57. The van der Waals surface area contributed by atoms with Crippen LogP contribution in [0.4, 0.5) is 0 Å². The largest absolute Gasteiger partial charge is 0.275 e. The maximum Gasteiger partial charge on any atom is 0.116 e. The van der Waals surface area contributed by atoms with Crippen LogP contribution in [-0.2, 0) is 7.05 Å². The first-order valence-electron chi connectivity index (χ1n) is 6.99. The van der Waals surface area contributed by atoms with Crippen LogP contribution >= 0.6 is 0 Å². The quantitative estimate of drug-likeness (QED) is 0.569. The van der Waals surface area contributed by atoms with E-state index in [0.29, 0.717) is 0 Å². The molecule has 0 saturated carbocycles. The lowest BCUT2D eigenvalue weighted by molar-refractivity contribution is 0.756. The zero-order valence-corrected chi connectivity index (χ0v) is 12.3. The lowest BCUT2D eigenvalue weighted by Gasteiger charge is -2.01. The van der Waals surface area contributed by atoms with Crippen molar-refractivity contribution in [2.24, 2.45) is 7.05 Å². The average molecular weight is 290 g/mol. The van der Waals surface area contributed by atoms with Crippen molar-refractivity contribution in [2.75, 3.05) is 0 Å². The average Bonchev–Trinajstić information content (AvgIpc) is 3.13. The highest BCUT2D eigenvalue weighted by Gasteiger charge is 2.11. The van der Waals surface area contributed by atoms with Crippen molar-refractivity contribution >= 4 is 10.9 Å². The Hall–Kier alpha value is -3.02. The lowest BCUT2D eigenvalue weighted by atomic mass is 10.2. The van der Waals surface area contributed by atoms with E-state index in [1.54, 1.807) is 15.6 Å². The third kappa shape index (κ3) is 2.05. The van der Waals surface area contributed by atoms with Gasteiger partial charge in [-0.05, 0) is 31.2 Å². The van der Waals surface area contributed by atoms with E-state index in [1.807, 2.05) is 50.6 Å². The van der Waals surface area contributed by atoms with E-state index in [4.69, 9.17) is 0 Å². The molecule has 4 aromatic rings. The summed E-state index contributed by atoms with van der Waals surface area (Å²) < 4.78 is 3.56. The molecule has 3 heterocycles. The number of benzene rings is 1. The van der Waals surface area contributed by atoms with Crippen LogP contribution in [0.2, 0.25) is 0 Å². The molecule has 0 N–H and O–H groups in total. The summed E-state index contributed by atoms with van der Waals surface area (Å²) in [5.41, 5.74) is 4.68. The Kier molecular flexibility index (Phi) is 2.75. The summed E-state index contributed by atoms with van der Waals surface area (Å²) in [7, 11) is 1.90. The first kappa shape index (κ1) is 12.7. The first-order valence-corrected chi connectivity index (χ1v) is 6.99. The van der Waals surface area contributed by atoms with Crippen LogP contribution in [0.15, 0.2) is 48.9 Å².